The first-order chi connectivity index (χ1) is 14.3. The number of aliphatic carboxylic acids is 1. The van der Waals surface area contributed by atoms with Crippen molar-refractivity contribution in [2.45, 2.75) is 43.9 Å². The monoisotopic (exact) mass is 434 g/mol. The Morgan fingerprint density at radius 3 is 2.17 bits per heavy atom. The van der Waals surface area contributed by atoms with Crippen LogP contribution in [0.3, 0.4) is 0 Å². The number of carbonyl (C=O) groups is 2. The minimum absolute atomic E-state index is 0.191. The molecule has 1 aliphatic carbocycles. The highest BCUT2D eigenvalue weighted by Gasteiger charge is 2.38. The molecule has 2 atom stereocenters. The van der Waals surface area contributed by atoms with Crippen LogP contribution in [0.1, 0.15) is 38.2 Å². The standard InChI is InChI=1S/C22H30N2O5S/c1-2-3-6-17-9-11-18(12-10-17)30(28,29)24-15-13-23(14-16-24)21(25)19-7-4-5-8-20(19)22(26)27/h4-5,9-12,19-20H,2-3,6-8,13-16H2,1H3,(H,26,27)/t19-,20-/m1/s1. The van der Waals surface area contributed by atoms with Crippen molar-refractivity contribution in [3.8, 4) is 0 Å². The van der Waals surface area contributed by atoms with Crippen molar-refractivity contribution in [3.63, 3.8) is 0 Å². The van der Waals surface area contributed by atoms with Gasteiger partial charge in [0.2, 0.25) is 15.9 Å². The lowest BCUT2D eigenvalue weighted by Gasteiger charge is -2.37. The number of aryl methyl sites for hydroxylation is 1. The van der Waals surface area contributed by atoms with E-state index in [-0.39, 0.29) is 37.0 Å². The lowest BCUT2D eigenvalue weighted by molar-refractivity contribution is -0.151. The highest BCUT2D eigenvalue weighted by Crippen LogP contribution is 2.28. The molecule has 0 radical (unpaired) electrons. The van der Waals surface area contributed by atoms with Crippen molar-refractivity contribution in [3.05, 3.63) is 42.0 Å². The summed E-state index contributed by atoms with van der Waals surface area (Å²) in [6.45, 7) is 3.10. The fourth-order valence-corrected chi connectivity index (χ4v) is 5.52. The van der Waals surface area contributed by atoms with Gasteiger partial charge in [0, 0.05) is 26.2 Å². The van der Waals surface area contributed by atoms with E-state index in [4.69, 9.17) is 0 Å². The zero-order valence-corrected chi connectivity index (χ0v) is 18.2. The van der Waals surface area contributed by atoms with E-state index in [1.165, 1.54) is 4.31 Å². The Morgan fingerprint density at radius 2 is 1.60 bits per heavy atom. The number of piperazine rings is 1. The van der Waals surface area contributed by atoms with E-state index in [1.807, 2.05) is 18.2 Å². The average molecular weight is 435 g/mol. The Hall–Kier alpha value is -2.19. The van der Waals surface area contributed by atoms with E-state index < -0.39 is 27.8 Å². The van der Waals surface area contributed by atoms with E-state index in [9.17, 15) is 23.1 Å². The SMILES string of the molecule is CCCCc1ccc(S(=O)(=O)N2CCN(C(=O)[C@@H]3CC=CC[C@H]3C(=O)O)CC2)cc1. The maximum Gasteiger partial charge on any atom is 0.307 e. The van der Waals surface area contributed by atoms with Gasteiger partial charge < -0.3 is 10.0 Å². The maximum absolute atomic E-state index is 13.0. The highest BCUT2D eigenvalue weighted by molar-refractivity contribution is 7.89. The number of unbranched alkanes of at least 4 members (excludes halogenated alkanes) is 1. The Labute approximate surface area is 178 Å². The van der Waals surface area contributed by atoms with Gasteiger partial charge in [-0.3, -0.25) is 9.59 Å². The van der Waals surface area contributed by atoms with Crippen molar-refractivity contribution >= 4 is 21.9 Å². The topological polar surface area (TPSA) is 95.0 Å². The van der Waals surface area contributed by atoms with E-state index in [0.717, 1.165) is 24.8 Å². The van der Waals surface area contributed by atoms with Crippen LogP contribution in [0.2, 0.25) is 0 Å². The second-order valence-corrected chi connectivity index (χ2v) is 9.91. The van der Waals surface area contributed by atoms with Crippen LogP contribution >= 0.6 is 0 Å². The molecule has 0 saturated carbocycles. The predicted octanol–water partition coefficient (Wildman–Crippen LogP) is 2.53. The van der Waals surface area contributed by atoms with E-state index >= 15 is 0 Å². The number of hydrogen-bond donors (Lipinski definition) is 1. The molecule has 1 fully saturated rings. The number of hydrogen-bond acceptors (Lipinski definition) is 4. The zero-order chi connectivity index (χ0) is 21.7. The molecule has 1 aromatic rings. The lowest BCUT2D eigenvalue weighted by atomic mass is 9.82. The van der Waals surface area contributed by atoms with E-state index in [2.05, 4.69) is 6.92 Å². The summed E-state index contributed by atoms with van der Waals surface area (Å²) in [6.07, 6.45) is 7.53. The van der Waals surface area contributed by atoms with E-state index in [0.29, 0.717) is 12.8 Å². The zero-order valence-electron chi connectivity index (χ0n) is 17.4. The van der Waals surface area contributed by atoms with Crippen LogP contribution in [0.15, 0.2) is 41.3 Å². The van der Waals surface area contributed by atoms with Gasteiger partial charge in [0.05, 0.1) is 16.7 Å². The number of amides is 1. The molecule has 164 valence electrons. The van der Waals surface area contributed by atoms with Crippen LogP contribution in [-0.2, 0) is 26.0 Å². The number of rotatable bonds is 7. The van der Waals surface area contributed by atoms with Crippen LogP contribution in [0, 0.1) is 11.8 Å². The predicted molar refractivity (Wildman–Crippen MR) is 113 cm³/mol. The normalized spacial score (nSPS) is 22.8. The molecule has 1 aliphatic heterocycles. The number of allylic oxidation sites excluding steroid dienone is 2. The van der Waals surface area contributed by atoms with Crippen molar-refractivity contribution in [1.29, 1.82) is 0 Å². The molecule has 2 aliphatic rings. The van der Waals surface area contributed by atoms with Crippen LogP contribution in [-0.4, -0.2) is 60.8 Å². The first kappa shape index (κ1) is 22.5. The molecule has 1 N–H and O–H groups in total. The van der Waals surface area contributed by atoms with E-state index in [1.54, 1.807) is 23.1 Å². The number of carboxylic acid groups (broad SMARTS) is 1. The van der Waals surface area contributed by atoms with Gasteiger partial charge in [-0.1, -0.05) is 37.6 Å². The molecule has 0 bridgehead atoms. The second kappa shape index (κ2) is 9.75. The summed E-state index contributed by atoms with van der Waals surface area (Å²) in [6, 6.07) is 7.04. The summed E-state index contributed by atoms with van der Waals surface area (Å²) >= 11 is 0. The molecule has 30 heavy (non-hydrogen) atoms. The lowest BCUT2D eigenvalue weighted by Crippen LogP contribution is -2.53. The fourth-order valence-electron chi connectivity index (χ4n) is 4.10. The van der Waals surface area contributed by atoms with Gasteiger partial charge >= 0.3 is 5.97 Å². The summed E-state index contributed by atoms with van der Waals surface area (Å²) in [5.41, 5.74) is 1.13. The molecule has 1 amide bonds. The van der Waals surface area contributed by atoms with Gasteiger partial charge in [-0.05, 0) is 43.4 Å². The van der Waals surface area contributed by atoms with Crippen molar-refractivity contribution in [2.24, 2.45) is 11.8 Å². The van der Waals surface area contributed by atoms with Crippen LogP contribution in [0.25, 0.3) is 0 Å². The molecule has 3 rings (SSSR count). The molecule has 0 unspecified atom stereocenters. The Balaban J connectivity index is 1.62. The molecule has 8 heteroatoms. The van der Waals surface area contributed by atoms with Gasteiger partial charge in [-0.25, -0.2) is 8.42 Å². The third-order valence-corrected chi connectivity index (χ3v) is 7.91. The second-order valence-electron chi connectivity index (χ2n) is 7.97. The number of carboxylic acids is 1. The van der Waals surface area contributed by atoms with Gasteiger partial charge in [0.15, 0.2) is 0 Å². The molecule has 0 spiro atoms. The highest BCUT2D eigenvalue weighted by atomic mass is 32.2. The minimum Gasteiger partial charge on any atom is -0.481 e. The van der Waals surface area contributed by atoms with Crippen LogP contribution < -0.4 is 0 Å². The Morgan fingerprint density at radius 1 is 1.00 bits per heavy atom. The van der Waals surface area contributed by atoms with Gasteiger partial charge in [0.25, 0.3) is 0 Å². The summed E-state index contributed by atoms with van der Waals surface area (Å²) in [7, 11) is -3.61. The van der Waals surface area contributed by atoms with Crippen LogP contribution in [0.4, 0.5) is 0 Å². The smallest absolute Gasteiger partial charge is 0.307 e. The largest absolute Gasteiger partial charge is 0.481 e. The Kier molecular flexibility index (Phi) is 7.31. The first-order valence-electron chi connectivity index (χ1n) is 10.6. The maximum atomic E-state index is 13.0. The Bertz CT molecular complexity index is 887. The van der Waals surface area contributed by atoms with Gasteiger partial charge in [-0.2, -0.15) is 4.31 Å². The average Bonchev–Trinajstić information content (AvgIpc) is 2.77. The molecule has 1 heterocycles. The summed E-state index contributed by atoms with van der Waals surface area (Å²) in [5.74, 6) is -2.44. The molecule has 0 aromatic heterocycles. The fraction of sp³-hybridized carbons (Fsp3) is 0.545. The number of benzene rings is 1. The third kappa shape index (κ3) is 4.92. The summed E-state index contributed by atoms with van der Waals surface area (Å²) < 4.78 is 27.3. The van der Waals surface area contributed by atoms with Crippen molar-refractivity contribution in [2.75, 3.05) is 26.2 Å². The molecule has 1 aromatic carbocycles. The molecular formula is C22H30N2O5S. The molecule has 7 nitrogen and oxygen atoms in total. The molecular weight excluding hydrogens is 404 g/mol. The van der Waals surface area contributed by atoms with Crippen LogP contribution in [0.5, 0.6) is 0 Å². The number of sulfonamides is 1. The minimum atomic E-state index is -3.61. The van der Waals surface area contributed by atoms with Gasteiger partial charge in [-0.15, -0.1) is 0 Å². The number of carbonyl (C=O) groups excluding carboxylic acids is 1. The summed E-state index contributed by atoms with van der Waals surface area (Å²) in [4.78, 5) is 26.2. The molecule has 1 saturated heterocycles. The quantitative estimate of drug-likeness (QED) is 0.666. The summed E-state index contributed by atoms with van der Waals surface area (Å²) in [5, 5.41) is 9.41. The first-order valence-corrected chi connectivity index (χ1v) is 12.0. The van der Waals surface area contributed by atoms with Gasteiger partial charge in [0.1, 0.15) is 0 Å². The van der Waals surface area contributed by atoms with Crippen molar-refractivity contribution in [1.82, 2.24) is 9.21 Å². The van der Waals surface area contributed by atoms with Crippen molar-refractivity contribution < 1.29 is 23.1 Å². The third-order valence-electron chi connectivity index (χ3n) is 6.00. The number of nitrogens with zero attached hydrogens (tertiary/aromatic N) is 2.